The van der Waals surface area contributed by atoms with Gasteiger partial charge in [-0.25, -0.2) is 15.0 Å². The van der Waals surface area contributed by atoms with Gasteiger partial charge in [-0.1, -0.05) is 139 Å². The molecule has 8 aromatic carbocycles. The van der Waals surface area contributed by atoms with Crippen LogP contribution < -0.4 is 4.90 Å². The van der Waals surface area contributed by atoms with E-state index in [4.69, 9.17) is 15.0 Å². The third-order valence-electron chi connectivity index (χ3n) is 11.3. The summed E-state index contributed by atoms with van der Waals surface area (Å²) in [6, 6.07) is 72.4. The number of imidazole rings is 1. The zero-order valence-corrected chi connectivity index (χ0v) is 33.0. The summed E-state index contributed by atoms with van der Waals surface area (Å²) in [5, 5.41) is 2.37. The van der Waals surface area contributed by atoms with Crippen molar-refractivity contribution in [3.63, 3.8) is 0 Å². The van der Waals surface area contributed by atoms with E-state index < -0.39 is 0 Å². The van der Waals surface area contributed by atoms with E-state index in [1.807, 2.05) is 36.4 Å². The molecule has 7 heteroatoms. The topological polar surface area (TPSA) is 51.8 Å². The Balaban J connectivity index is 1.08. The Kier molecular flexibility index (Phi) is 7.99. The van der Waals surface area contributed by atoms with Gasteiger partial charge in [0.25, 0.3) is 0 Å². The monoisotopic (exact) mass is 786 g/mol. The molecular weight excluding hydrogens is 753 g/mol. The number of nitrogens with zero attached hydrogens (tertiary/aromatic N) is 6. The number of para-hydroxylation sites is 4. The fourth-order valence-corrected chi connectivity index (χ4v) is 9.63. The molecule has 0 unspecified atom stereocenters. The summed E-state index contributed by atoms with van der Waals surface area (Å²) in [6.07, 6.45) is 0. The van der Waals surface area contributed by atoms with Gasteiger partial charge >= 0.3 is 0 Å². The van der Waals surface area contributed by atoms with Crippen LogP contribution in [0, 0.1) is 0 Å². The maximum Gasteiger partial charge on any atom is 0.220 e. The van der Waals surface area contributed by atoms with Gasteiger partial charge in [-0.2, -0.15) is 0 Å². The van der Waals surface area contributed by atoms with Crippen LogP contribution in [0.15, 0.2) is 216 Å². The highest BCUT2D eigenvalue weighted by Gasteiger charge is 2.28. The maximum atomic E-state index is 5.53. The lowest BCUT2D eigenvalue weighted by atomic mass is 10.1. The fraction of sp³-hybridized carbons (Fsp3) is 0. The zero-order chi connectivity index (χ0) is 39.6. The first-order valence-electron chi connectivity index (χ1n) is 20.0. The molecule has 0 N–H and O–H groups in total. The third kappa shape index (κ3) is 5.62. The number of aromatic nitrogens is 5. The van der Waals surface area contributed by atoms with E-state index in [1.165, 1.54) is 15.7 Å². The molecule has 0 spiro atoms. The van der Waals surface area contributed by atoms with Crippen molar-refractivity contribution in [1.29, 1.82) is 0 Å². The van der Waals surface area contributed by atoms with Gasteiger partial charge in [-0.3, -0.25) is 9.13 Å². The van der Waals surface area contributed by atoms with Gasteiger partial charge in [0.1, 0.15) is 0 Å². The van der Waals surface area contributed by atoms with E-state index in [2.05, 4.69) is 184 Å². The molecule has 1 aliphatic heterocycles. The molecule has 0 radical (unpaired) electrons. The van der Waals surface area contributed by atoms with Gasteiger partial charge in [0.2, 0.25) is 5.95 Å². The molecule has 0 fully saturated rings. The Morgan fingerprint density at radius 3 is 1.58 bits per heavy atom. The van der Waals surface area contributed by atoms with Crippen molar-refractivity contribution in [3.05, 3.63) is 206 Å². The number of hydrogen-bond acceptors (Lipinski definition) is 5. The van der Waals surface area contributed by atoms with Gasteiger partial charge in [-0.15, -0.1) is 0 Å². The molecule has 3 aromatic heterocycles. The summed E-state index contributed by atoms with van der Waals surface area (Å²) < 4.78 is 4.62. The molecule has 0 atom stereocenters. The van der Waals surface area contributed by atoms with Crippen LogP contribution in [-0.4, -0.2) is 24.1 Å². The SMILES string of the molecule is c1ccc(-c2cc(-c3ccccc3)nc(-c3ccc(-n4c(-n5c6ccccc6c6ccccc65)nc5cc6c(cc54)N(c4ccccc4)c4ccccc4S6)cc3)n2)cc1. The van der Waals surface area contributed by atoms with Gasteiger partial charge in [0, 0.05) is 48.6 Å². The first kappa shape index (κ1) is 34.3. The molecule has 282 valence electrons. The summed E-state index contributed by atoms with van der Waals surface area (Å²) in [7, 11) is 0. The lowest BCUT2D eigenvalue weighted by Gasteiger charge is -2.33. The minimum atomic E-state index is 0.670. The maximum absolute atomic E-state index is 5.53. The first-order chi connectivity index (χ1) is 29.7. The zero-order valence-electron chi connectivity index (χ0n) is 32.2. The Morgan fingerprint density at radius 2 is 0.933 bits per heavy atom. The van der Waals surface area contributed by atoms with Crippen molar-refractivity contribution < 1.29 is 0 Å². The molecule has 4 heterocycles. The van der Waals surface area contributed by atoms with E-state index in [0.29, 0.717) is 5.82 Å². The highest BCUT2D eigenvalue weighted by molar-refractivity contribution is 7.99. The highest BCUT2D eigenvalue weighted by Crippen LogP contribution is 2.52. The van der Waals surface area contributed by atoms with Crippen LogP contribution in [0.5, 0.6) is 0 Å². The van der Waals surface area contributed by atoms with Crippen molar-refractivity contribution in [2.45, 2.75) is 9.79 Å². The molecule has 0 amide bonds. The van der Waals surface area contributed by atoms with Crippen LogP contribution in [0.1, 0.15) is 0 Å². The average molecular weight is 787 g/mol. The summed E-state index contributed by atoms with van der Waals surface area (Å²) in [6.45, 7) is 0. The van der Waals surface area contributed by atoms with Gasteiger partial charge < -0.3 is 4.90 Å². The Morgan fingerprint density at radius 1 is 0.367 bits per heavy atom. The molecule has 0 aliphatic carbocycles. The Hall–Kier alpha value is -7.74. The largest absolute Gasteiger partial charge is 0.308 e. The first-order valence-corrected chi connectivity index (χ1v) is 20.8. The number of fused-ring (bicyclic) bond motifs is 6. The van der Waals surface area contributed by atoms with Crippen molar-refractivity contribution >= 4 is 61.7 Å². The smallest absolute Gasteiger partial charge is 0.220 e. The van der Waals surface area contributed by atoms with Gasteiger partial charge in [0.05, 0.1) is 44.8 Å². The fourth-order valence-electron chi connectivity index (χ4n) is 8.56. The minimum Gasteiger partial charge on any atom is -0.308 e. The van der Waals surface area contributed by atoms with E-state index >= 15 is 0 Å². The Labute approximate surface area is 350 Å². The predicted molar refractivity (Wildman–Crippen MR) is 246 cm³/mol. The second kappa shape index (κ2) is 14.0. The normalized spacial score (nSPS) is 12.2. The number of anilines is 3. The summed E-state index contributed by atoms with van der Waals surface area (Å²) >= 11 is 1.80. The number of rotatable bonds is 6. The van der Waals surface area contributed by atoms with Crippen LogP contribution in [-0.2, 0) is 0 Å². The van der Waals surface area contributed by atoms with Crippen LogP contribution in [0.25, 0.3) is 78.4 Å². The molecule has 6 nitrogen and oxygen atoms in total. The highest BCUT2D eigenvalue weighted by atomic mass is 32.2. The lowest BCUT2D eigenvalue weighted by Crippen LogP contribution is -2.15. The van der Waals surface area contributed by atoms with E-state index in [-0.39, 0.29) is 0 Å². The van der Waals surface area contributed by atoms with Gasteiger partial charge in [-0.05, 0) is 78.9 Å². The number of benzene rings is 8. The minimum absolute atomic E-state index is 0.670. The van der Waals surface area contributed by atoms with Crippen LogP contribution in [0.4, 0.5) is 17.1 Å². The second-order valence-corrected chi connectivity index (χ2v) is 16.0. The van der Waals surface area contributed by atoms with Crippen LogP contribution in [0.3, 0.4) is 0 Å². The Bertz CT molecular complexity index is 3280. The summed E-state index contributed by atoms with van der Waals surface area (Å²) in [5.41, 5.74) is 13.3. The molecular formula is C53H34N6S. The van der Waals surface area contributed by atoms with Gasteiger partial charge in [0.15, 0.2) is 5.82 Å². The second-order valence-electron chi connectivity index (χ2n) is 14.9. The molecule has 0 saturated heterocycles. The van der Waals surface area contributed by atoms with Crippen molar-refractivity contribution in [1.82, 2.24) is 24.1 Å². The molecule has 1 aliphatic rings. The van der Waals surface area contributed by atoms with E-state index in [9.17, 15) is 0 Å². The molecule has 60 heavy (non-hydrogen) atoms. The molecule has 11 aromatic rings. The van der Waals surface area contributed by atoms with Crippen molar-refractivity contribution in [2.24, 2.45) is 0 Å². The van der Waals surface area contributed by atoms with Crippen molar-refractivity contribution in [3.8, 4) is 45.5 Å². The molecule has 0 bridgehead atoms. The predicted octanol–water partition coefficient (Wildman–Crippen LogP) is 13.8. The number of hydrogen-bond donors (Lipinski definition) is 0. The van der Waals surface area contributed by atoms with E-state index in [1.54, 1.807) is 11.8 Å². The van der Waals surface area contributed by atoms with Crippen LogP contribution in [0.2, 0.25) is 0 Å². The molecule has 0 saturated carbocycles. The summed E-state index contributed by atoms with van der Waals surface area (Å²) in [4.78, 5) is 20.5. The third-order valence-corrected chi connectivity index (χ3v) is 12.4. The van der Waals surface area contributed by atoms with Crippen molar-refractivity contribution in [2.75, 3.05) is 4.90 Å². The van der Waals surface area contributed by atoms with E-state index in [0.717, 1.165) is 83.7 Å². The standard InChI is InChI=1S/C53H34N6S/c1-4-16-35(17-5-1)42-32-43(36-18-6-2-7-19-36)55-52(54-42)37-28-30-39(31-29-37)58-48-34-49-51(60-50-27-15-14-26-47(50)57(49)38-20-8-3-9-21-38)33-44(48)56-53(58)59-45-24-12-10-22-40(45)41-23-11-13-25-46(41)59/h1-34H. The molecule has 12 rings (SSSR count). The lowest BCUT2D eigenvalue weighted by molar-refractivity contribution is 0.955. The average Bonchev–Trinajstić information content (AvgIpc) is 3.85. The van der Waals surface area contributed by atoms with Crippen LogP contribution >= 0.6 is 11.8 Å². The quantitative estimate of drug-likeness (QED) is 0.168. The summed E-state index contributed by atoms with van der Waals surface area (Å²) in [5.74, 6) is 1.49.